The van der Waals surface area contributed by atoms with Gasteiger partial charge in [0.05, 0.1) is 18.2 Å². The van der Waals surface area contributed by atoms with Gasteiger partial charge in [-0.15, -0.1) is 0 Å². The Bertz CT molecular complexity index is 637. The quantitative estimate of drug-likeness (QED) is 0.838. The normalized spacial score (nSPS) is 27.1. The molecular formula is C21H30FN3O3. The van der Waals surface area contributed by atoms with E-state index >= 15 is 0 Å². The van der Waals surface area contributed by atoms with Crippen LogP contribution in [0.2, 0.25) is 0 Å². The van der Waals surface area contributed by atoms with Gasteiger partial charge in [-0.1, -0.05) is 12.1 Å². The summed E-state index contributed by atoms with van der Waals surface area (Å²) in [7, 11) is 0. The highest BCUT2D eigenvalue weighted by atomic mass is 19.1. The fourth-order valence-corrected chi connectivity index (χ4v) is 4.36. The van der Waals surface area contributed by atoms with Crippen LogP contribution in [-0.2, 0) is 9.47 Å². The lowest BCUT2D eigenvalue weighted by atomic mass is 9.99. The molecule has 1 aromatic rings. The Hall–Kier alpha value is -1.70. The van der Waals surface area contributed by atoms with Crippen molar-refractivity contribution in [2.75, 3.05) is 45.9 Å². The van der Waals surface area contributed by atoms with E-state index in [1.54, 1.807) is 12.1 Å². The summed E-state index contributed by atoms with van der Waals surface area (Å²) in [6.07, 6.45) is 4.47. The smallest absolute Gasteiger partial charge is 0.318 e. The molecule has 3 fully saturated rings. The maximum absolute atomic E-state index is 13.3. The molecule has 1 N–H and O–H groups in total. The van der Waals surface area contributed by atoms with Gasteiger partial charge in [-0.05, 0) is 43.4 Å². The Kier molecular flexibility index (Phi) is 6.44. The minimum Gasteiger partial charge on any atom is -0.377 e. The summed E-state index contributed by atoms with van der Waals surface area (Å²) in [5.74, 6) is -0.275. The number of carbonyl (C=O) groups is 1. The van der Waals surface area contributed by atoms with Crippen molar-refractivity contribution in [3.05, 3.63) is 35.6 Å². The van der Waals surface area contributed by atoms with Crippen molar-refractivity contribution in [3.8, 4) is 0 Å². The zero-order valence-corrected chi connectivity index (χ0v) is 16.3. The first-order valence-corrected chi connectivity index (χ1v) is 10.5. The third kappa shape index (κ3) is 4.82. The number of carbonyl (C=O) groups excluding carboxylic acids is 1. The van der Waals surface area contributed by atoms with E-state index in [1.165, 1.54) is 12.1 Å². The minimum atomic E-state index is -0.275. The van der Waals surface area contributed by atoms with E-state index < -0.39 is 0 Å². The number of hydrogen-bond acceptors (Lipinski definition) is 4. The maximum atomic E-state index is 13.3. The Labute approximate surface area is 166 Å². The molecule has 4 rings (SSSR count). The van der Waals surface area contributed by atoms with Crippen LogP contribution in [-0.4, -0.2) is 74.0 Å². The van der Waals surface area contributed by atoms with Crippen LogP contribution in [0, 0.1) is 5.82 Å². The van der Waals surface area contributed by atoms with Gasteiger partial charge in [-0.3, -0.25) is 4.90 Å². The van der Waals surface area contributed by atoms with Crippen LogP contribution in [0.5, 0.6) is 0 Å². The molecule has 0 aliphatic carbocycles. The maximum Gasteiger partial charge on any atom is 0.318 e. The van der Waals surface area contributed by atoms with E-state index in [1.807, 2.05) is 4.90 Å². The molecule has 6 nitrogen and oxygen atoms in total. The molecule has 3 heterocycles. The van der Waals surface area contributed by atoms with E-state index in [4.69, 9.17) is 9.47 Å². The van der Waals surface area contributed by atoms with Crippen molar-refractivity contribution in [3.63, 3.8) is 0 Å². The minimum absolute atomic E-state index is 0.0600. The molecule has 7 heteroatoms. The van der Waals surface area contributed by atoms with Gasteiger partial charge in [-0.25, -0.2) is 9.18 Å². The Morgan fingerprint density at radius 1 is 1.07 bits per heavy atom. The van der Waals surface area contributed by atoms with Gasteiger partial charge < -0.3 is 19.7 Å². The Balaban J connectivity index is 1.33. The van der Waals surface area contributed by atoms with Gasteiger partial charge in [0, 0.05) is 45.9 Å². The zero-order valence-electron chi connectivity index (χ0n) is 16.3. The number of urea groups is 1. The predicted octanol–water partition coefficient (Wildman–Crippen LogP) is 2.55. The standard InChI is InChI=1S/C21H30FN3O3/c22-17-7-5-16(6-8-17)20(19-4-2-14-28-19)23-21(26)25-11-9-24(10-12-25)15-18-3-1-13-27-18/h5-8,18-20H,1-4,9-15H2,(H,23,26). The number of nitrogens with one attached hydrogen (secondary N) is 1. The van der Waals surface area contributed by atoms with Crippen LogP contribution in [0.4, 0.5) is 9.18 Å². The molecule has 2 amide bonds. The first-order valence-electron chi connectivity index (χ1n) is 10.5. The van der Waals surface area contributed by atoms with Crippen LogP contribution in [0.15, 0.2) is 24.3 Å². The lowest BCUT2D eigenvalue weighted by Crippen LogP contribution is -2.54. The van der Waals surface area contributed by atoms with Crippen LogP contribution in [0.3, 0.4) is 0 Å². The molecule has 3 aliphatic heterocycles. The molecule has 0 spiro atoms. The summed E-state index contributed by atoms with van der Waals surface area (Å²) in [4.78, 5) is 17.2. The molecule has 1 aromatic carbocycles. The third-order valence-corrected chi connectivity index (χ3v) is 5.99. The second-order valence-corrected chi connectivity index (χ2v) is 7.95. The first-order chi connectivity index (χ1) is 13.7. The van der Waals surface area contributed by atoms with Crippen molar-refractivity contribution < 1.29 is 18.7 Å². The van der Waals surface area contributed by atoms with Gasteiger partial charge >= 0.3 is 6.03 Å². The van der Waals surface area contributed by atoms with Crippen molar-refractivity contribution in [2.24, 2.45) is 0 Å². The molecular weight excluding hydrogens is 361 g/mol. The molecule has 3 aliphatic rings. The molecule has 3 saturated heterocycles. The third-order valence-electron chi connectivity index (χ3n) is 5.99. The van der Waals surface area contributed by atoms with Gasteiger partial charge in [0.1, 0.15) is 5.82 Å². The number of amides is 2. The summed E-state index contributed by atoms with van der Waals surface area (Å²) >= 11 is 0. The number of piperazine rings is 1. The number of rotatable bonds is 5. The largest absolute Gasteiger partial charge is 0.377 e. The fraction of sp³-hybridized carbons (Fsp3) is 0.667. The predicted molar refractivity (Wildman–Crippen MR) is 104 cm³/mol. The van der Waals surface area contributed by atoms with E-state index in [9.17, 15) is 9.18 Å². The van der Waals surface area contributed by atoms with Crippen LogP contribution < -0.4 is 5.32 Å². The van der Waals surface area contributed by atoms with Crippen LogP contribution in [0.1, 0.15) is 37.3 Å². The molecule has 0 aromatic heterocycles. The van der Waals surface area contributed by atoms with Crippen molar-refractivity contribution in [2.45, 2.75) is 43.9 Å². The van der Waals surface area contributed by atoms with Crippen molar-refractivity contribution in [1.29, 1.82) is 0 Å². The van der Waals surface area contributed by atoms with Gasteiger partial charge in [0.25, 0.3) is 0 Å². The van der Waals surface area contributed by atoms with Crippen molar-refractivity contribution >= 4 is 6.03 Å². The van der Waals surface area contributed by atoms with E-state index in [0.717, 1.165) is 57.5 Å². The highest BCUT2D eigenvalue weighted by molar-refractivity contribution is 5.75. The second kappa shape index (κ2) is 9.20. The molecule has 0 bridgehead atoms. The zero-order chi connectivity index (χ0) is 19.3. The average Bonchev–Trinajstić information content (AvgIpc) is 3.42. The summed E-state index contributed by atoms with van der Waals surface area (Å²) in [5, 5.41) is 3.15. The van der Waals surface area contributed by atoms with Gasteiger partial charge in [0.2, 0.25) is 0 Å². The molecule has 154 valence electrons. The van der Waals surface area contributed by atoms with Gasteiger partial charge in [-0.2, -0.15) is 0 Å². The van der Waals surface area contributed by atoms with Gasteiger partial charge in [0.15, 0.2) is 0 Å². The second-order valence-electron chi connectivity index (χ2n) is 7.95. The number of benzene rings is 1. The molecule has 3 unspecified atom stereocenters. The highest BCUT2D eigenvalue weighted by Gasteiger charge is 2.31. The Morgan fingerprint density at radius 3 is 2.43 bits per heavy atom. The lowest BCUT2D eigenvalue weighted by molar-refractivity contribution is 0.0529. The summed E-state index contributed by atoms with van der Waals surface area (Å²) in [6.45, 7) is 5.70. The van der Waals surface area contributed by atoms with E-state index in [0.29, 0.717) is 25.8 Å². The van der Waals surface area contributed by atoms with E-state index in [2.05, 4.69) is 10.2 Å². The number of halogens is 1. The average molecular weight is 391 g/mol. The number of hydrogen-bond donors (Lipinski definition) is 1. The molecule has 28 heavy (non-hydrogen) atoms. The number of nitrogens with zero attached hydrogens (tertiary/aromatic N) is 2. The fourth-order valence-electron chi connectivity index (χ4n) is 4.36. The van der Waals surface area contributed by atoms with Crippen LogP contribution >= 0.6 is 0 Å². The van der Waals surface area contributed by atoms with Crippen LogP contribution in [0.25, 0.3) is 0 Å². The number of ether oxygens (including phenoxy) is 2. The monoisotopic (exact) mass is 391 g/mol. The van der Waals surface area contributed by atoms with Crippen molar-refractivity contribution in [1.82, 2.24) is 15.1 Å². The summed E-state index contributed by atoms with van der Waals surface area (Å²) in [5.41, 5.74) is 0.888. The molecule has 3 atom stereocenters. The molecule has 0 radical (unpaired) electrons. The first kappa shape index (κ1) is 19.6. The highest BCUT2D eigenvalue weighted by Crippen LogP contribution is 2.27. The topological polar surface area (TPSA) is 54.0 Å². The lowest BCUT2D eigenvalue weighted by Gasteiger charge is -2.37. The summed E-state index contributed by atoms with van der Waals surface area (Å²) in [6, 6.07) is 6.03. The Morgan fingerprint density at radius 2 is 1.79 bits per heavy atom. The van der Waals surface area contributed by atoms with E-state index in [-0.39, 0.29) is 24.0 Å². The summed E-state index contributed by atoms with van der Waals surface area (Å²) < 4.78 is 24.9. The molecule has 0 saturated carbocycles. The SMILES string of the molecule is O=C(NC(c1ccc(F)cc1)C1CCCO1)N1CCN(CC2CCCO2)CC1.